The lowest BCUT2D eigenvalue weighted by molar-refractivity contribution is 0.154. The average Bonchev–Trinajstić information content (AvgIpc) is 2.63. The number of piperazine rings is 1. The minimum absolute atomic E-state index is 0.361. The minimum atomic E-state index is 0.361. The number of hydrogen-bond acceptors (Lipinski definition) is 5. The molecule has 5 heteroatoms. The van der Waals surface area contributed by atoms with Crippen LogP contribution in [0.4, 0.5) is 5.82 Å². The minimum Gasteiger partial charge on any atom is -0.497 e. The van der Waals surface area contributed by atoms with Gasteiger partial charge in [0.1, 0.15) is 11.6 Å². The molecule has 1 aromatic carbocycles. The number of anilines is 1. The second-order valence-electron chi connectivity index (χ2n) is 5.72. The zero-order valence-corrected chi connectivity index (χ0v) is 13.7. The van der Waals surface area contributed by atoms with Crippen molar-refractivity contribution in [2.24, 2.45) is 0 Å². The van der Waals surface area contributed by atoms with Crippen molar-refractivity contribution in [2.75, 3.05) is 39.1 Å². The molecule has 0 saturated carbocycles. The highest BCUT2D eigenvalue weighted by Gasteiger charge is 2.24. The van der Waals surface area contributed by atoms with Crippen molar-refractivity contribution in [3.8, 4) is 5.75 Å². The molecule has 1 fully saturated rings. The van der Waals surface area contributed by atoms with Gasteiger partial charge in [0, 0.05) is 51.0 Å². The number of rotatable bonds is 5. The van der Waals surface area contributed by atoms with Crippen molar-refractivity contribution in [1.82, 2.24) is 15.2 Å². The highest BCUT2D eigenvalue weighted by molar-refractivity contribution is 5.43. The van der Waals surface area contributed by atoms with Crippen LogP contribution in [0.5, 0.6) is 5.75 Å². The fourth-order valence-electron chi connectivity index (χ4n) is 3.10. The summed E-state index contributed by atoms with van der Waals surface area (Å²) in [5.74, 6) is 1.85. The maximum absolute atomic E-state index is 5.26. The smallest absolute Gasteiger partial charge is 0.130 e. The van der Waals surface area contributed by atoms with E-state index in [1.165, 1.54) is 11.1 Å². The maximum atomic E-state index is 5.26. The highest BCUT2D eigenvalue weighted by atomic mass is 16.5. The molecule has 1 aromatic heterocycles. The third-order valence-corrected chi connectivity index (χ3v) is 4.36. The summed E-state index contributed by atoms with van der Waals surface area (Å²) in [5, 5.41) is 6.69. The first kappa shape index (κ1) is 15.8. The van der Waals surface area contributed by atoms with Crippen LogP contribution >= 0.6 is 0 Å². The van der Waals surface area contributed by atoms with Crippen LogP contribution in [0.3, 0.4) is 0 Å². The van der Waals surface area contributed by atoms with E-state index < -0.39 is 0 Å². The second-order valence-corrected chi connectivity index (χ2v) is 5.72. The van der Waals surface area contributed by atoms with Gasteiger partial charge in [0.2, 0.25) is 0 Å². The van der Waals surface area contributed by atoms with Crippen LogP contribution in [0.1, 0.15) is 17.2 Å². The van der Waals surface area contributed by atoms with E-state index in [9.17, 15) is 0 Å². The Morgan fingerprint density at radius 1 is 1.30 bits per heavy atom. The molecule has 1 aliphatic rings. The first-order valence-electron chi connectivity index (χ1n) is 8.02. The first-order chi connectivity index (χ1) is 11.3. The van der Waals surface area contributed by atoms with E-state index in [4.69, 9.17) is 4.74 Å². The molecule has 1 aliphatic heterocycles. The van der Waals surface area contributed by atoms with Crippen molar-refractivity contribution in [1.29, 1.82) is 0 Å². The SMILES string of the molecule is CNc1ncccc1CN1CCNC[C@@H]1c1ccc(OC)cc1. The van der Waals surface area contributed by atoms with Crippen LogP contribution in [-0.4, -0.2) is 43.7 Å². The molecule has 2 heterocycles. The molecule has 0 radical (unpaired) electrons. The van der Waals surface area contributed by atoms with Crippen LogP contribution in [0.2, 0.25) is 0 Å². The predicted molar refractivity (Wildman–Crippen MR) is 92.8 cm³/mol. The molecule has 122 valence electrons. The van der Waals surface area contributed by atoms with Crippen LogP contribution in [0.15, 0.2) is 42.6 Å². The Hall–Kier alpha value is -2.11. The summed E-state index contributed by atoms with van der Waals surface area (Å²) in [6.45, 7) is 3.89. The zero-order valence-electron chi connectivity index (χ0n) is 13.7. The molecule has 2 aromatic rings. The number of nitrogens with zero attached hydrogens (tertiary/aromatic N) is 2. The molecule has 0 unspecified atom stereocenters. The fraction of sp³-hybridized carbons (Fsp3) is 0.389. The molecular formula is C18H24N4O. The van der Waals surface area contributed by atoms with Gasteiger partial charge in [0.15, 0.2) is 0 Å². The van der Waals surface area contributed by atoms with Gasteiger partial charge in [-0.3, -0.25) is 4.90 Å². The van der Waals surface area contributed by atoms with E-state index in [1.807, 2.05) is 31.4 Å². The van der Waals surface area contributed by atoms with Crippen molar-refractivity contribution in [3.63, 3.8) is 0 Å². The molecule has 1 atom stereocenters. The molecule has 0 bridgehead atoms. The molecule has 0 aliphatic carbocycles. The summed E-state index contributed by atoms with van der Waals surface area (Å²) in [6.07, 6.45) is 1.83. The van der Waals surface area contributed by atoms with Gasteiger partial charge < -0.3 is 15.4 Å². The van der Waals surface area contributed by atoms with E-state index in [0.29, 0.717) is 6.04 Å². The van der Waals surface area contributed by atoms with Crippen molar-refractivity contribution >= 4 is 5.82 Å². The lowest BCUT2D eigenvalue weighted by Crippen LogP contribution is -2.45. The summed E-state index contributed by atoms with van der Waals surface area (Å²) in [7, 11) is 3.62. The number of hydrogen-bond donors (Lipinski definition) is 2. The van der Waals surface area contributed by atoms with Crippen LogP contribution < -0.4 is 15.4 Å². The molecular weight excluding hydrogens is 288 g/mol. The standard InChI is InChI=1S/C18H24N4O/c1-19-18-15(4-3-9-21-18)13-22-11-10-20-12-17(22)14-5-7-16(23-2)8-6-14/h3-9,17,20H,10-13H2,1-2H3,(H,19,21)/t17-/m1/s1. The Morgan fingerprint density at radius 2 is 2.13 bits per heavy atom. The van der Waals surface area contributed by atoms with Crippen molar-refractivity contribution in [2.45, 2.75) is 12.6 Å². The Labute approximate surface area is 137 Å². The highest BCUT2D eigenvalue weighted by Crippen LogP contribution is 2.27. The Morgan fingerprint density at radius 3 is 2.87 bits per heavy atom. The van der Waals surface area contributed by atoms with Crippen molar-refractivity contribution < 1.29 is 4.74 Å². The fourth-order valence-corrected chi connectivity index (χ4v) is 3.10. The number of ether oxygens (including phenoxy) is 1. The van der Waals surface area contributed by atoms with E-state index in [0.717, 1.165) is 37.7 Å². The Kier molecular flexibility index (Phi) is 5.10. The summed E-state index contributed by atoms with van der Waals surface area (Å²) >= 11 is 0. The average molecular weight is 312 g/mol. The lowest BCUT2D eigenvalue weighted by atomic mass is 10.0. The predicted octanol–water partition coefficient (Wildman–Crippen LogP) is 2.28. The summed E-state index contributed by atoms with van der Waals surface area (Å²) < 4.78 is 5.26. The topological polar surface area (TPSA) is 49.4 Å². The molecule has 23 heavy (non-hydrogen) atoms. The molecule has 3 rings (SSSR count). The van der Waals surface area contributed by atoms with Gasteiger partial charge in [-0.25, -0.2) is 4.98 Å². The number of nitrogens with one attached hydrogen (secondary N) is 2. The van der Waals surface area contributed by atoms with Crippen LogP contribution in [0, 0.1) is 0 Å². The molecule has 2 N–H and O–H groups in total. The third kappa shape index (κ3) is 3.63. The summed E-state index contributed by atoms with van der Waals surface area (Å²) in [6, 6.07) is 12.9. The number of pyridine rings is 1. The first-order valence-corrected chi connectivity index (χ1v) is 8.02. The van der Waals surface area contributed by atoms with E-state index in [1.54, 1.807) is 7.11 Å². The molecule has 0 amide bonds. The number of aromatic nitrogens is 1. The molecule has 5 nitrogen and oxygen atoms in total. The monoisotopic (exact) mass is 312 g/mol. The number of benzene rings is 1. The van der Waals surface area contributed by atoms with Gasteiger partial charge in [-0.15, -0.1) is 0 Å². The quantitative estimate of drug-likeness (QED) is 0.887. The second kappa shape index (κ2) is 7.44. The summed E-state index contributed by atoms with van der Waals surface area (Å²) in [4.78, 5) is 6.92. The van der Waals surface area contributed by atoms with Gasteiger partial charge in [-0.2, -0.15) is 0 Å². The number of methoxy groups -OCH3 is 1. The normalized spacial score (nSPS) is 18.6. The van der Waals surface area contributed by atoms with Crippen LogP contribution in [-0.2, 0) is 6.54 Å². The Bertz CT molecular complexity index is 629. The maximum Gasteiger partial charge on any atom is 0.130 e. The van der Waals surface area contributed by atoms with E-state index in [2.05, 4.69) is 38.7 Å². The summed E-state index contributed by atoms with van der Waals surface area (Å²) in [5.41, 5.74) is 2.54. The van der Waals surface area contributed by atoms with Gasteiger partial charge in [0.25, 0.3) is 0 Å². The van der Waals surface area contributed by atoms with Gasteiger partial charge >= 0.3 is 0 Å². The zero-order chi connectivity index (χ0) is 16.1. The van der Waals surface area contributed by atoms with Gasteiger partial charge in [-0.1, -0.05) is 18.2 Å². The third-order valence-electron chi connectivity index (χ3n) is 4.36. The largest absolute Gasteiger partial charge is 0.497 e. The van der Waals surface area contributed by atoms with E-state index >= 15 is 0 Å². The van der Waals surface area contributed by atoms with Crippen LogP contribution in [0.25, 0.3) is 0 Å². The van der Waals surface area contributed by atoms with Gasteiger partial charge in [-0.05, 0) is 23.8 Å². The lowest BCUT2D eigenvalue weighted by Gasteiger charge is -2.36. The molecule has 1 saturated heterocycles. The molecule has 0 spiro atoms. The Balaban J connectivity index is 1.80. The van der Waals surface area contributed by atoms with E-state index in [-0.39, 0.29) is 0 Å². The van der Waals surface area contributed by atoms with Gasteiger partial charge in [0.05, 0.1) is 7.11 Å². The van der Waals surface area contributed by atoms with Crippen molar-refractivity contribution in [3.05, 3.63) is 53.7 Å².